The van der Waals surface area contributed by atoms with Gasteiger partial charge in [-0.1, -0.05) is 18.6 Å². The van der Waals surface area contributed by atoms with E-state index in [-0.39, 0.29) is 29.6 Å². The van der Waals surface area contributed by atoms with Crippen LogP contribution in [0.15, 0.2) is 11.6 Å². The standard InChI is InChI=1S/C18H28N2O4/c1-3-13-7-14-9-18(10-16(22)23,15(14)8-13)11-20-17(24)19-6-4-5-12(2)21/h8,14-15H,3-7,9-11H2,1-2H3,(H,22,23)(H2,19,20,24). The molecule has 2 amide bonds. The Morgan fingerprint density at radius 2 is 2.08 bits per heavy atom. The third-order valence-electron chi connectivity index (χ3n) is 5.37. The van der Waals surface area contributed by atoms with Crippen molar-refractivity contribution in [3.05, 3.63) is 11.6 Å². The summed E-state index contributed by atoms with van der Waals surface area (Å²) in [6.45, 7) is 4.49. The number of carboxylic acid groups (broad SMARTS) is 1. The summed E-state index contributed by atoms with van der Waals surface area (Å²) in [5.74, 6) is 0.106. The molecule has 3 N–H and O–H groups in total. The number of rotatable bonds is 9. The van der Waals surface area contributed by atoms with E-state index >= 15 is 0 Å². The number of ketones is 1. The number of hydrogen-bond donors (Lipinski definition) is 3. The van der Waals surface area contributed by atoms with Crippen molar-refractivity contribution in [3.8, 4) is 0 Å². The van der Waals surface area contributed by atoms with Gasteiger partial charge in [-0.15, -0.1) is 0 Å². The molecule has 0 aliphatic heterocycles. The number of aliphatic carboxylic acids is 1. The van der Waals surface area contributed by atoms with Crippen molar-refractivity contribution >= 4 is 17.8 Å². The smallest absolute Gasteiger partial charge is 0.314 e. The molecule has 2 rings (SSSR count). The second-order valence-electron chi connectivity index (χ2n) is 7.22. The molecule has 1 fully saturated rings. The molecule has 0 aromatic carbocycles. The van der Waals surface area contributed by atoms with Crippen molar-refractivity contribution in [1.82, 2.24) is 10.6 Å². The first-order chi connectivity index (χ1) is 11.4. The van der Waals surface area contributed by atoms with Crippen molar-refractivity contribution in [1.29, 1.82) is 0 Å². The molecule has 134 valence electrons. The summed E-state index contributed by atoms with van der Waals surface area (Å²) in [5, 5.41) is 14.8. The number of allylic oxidation sites excluding steroid dienone is 2. The molecule has 2 aliphatic carbocycles. The van der Waals surface area contributed by atoms with Crippen molar-refractivity contribution in [2.75, 3.05) is 13.1 Å². The Morgan fingerprint density at radius 3 is 2.71 bits per heavy atom. The lowest BCUT2D eigenvalue weighted by Gasteiger charge is -2.51. The van der Waals surface area contributed by atoms with Crippen LogP contribution in [0, 0.1) is 17.3 Å². The Labute approximate surface area is 143 Å². The summed E-state index contributed by atoms with van der Waals surface area (Å²) in [6, 6.07) is -0.288. The Morgan fingerprint density at radius 1 is 1.33 bits per heavy atom. The fraction of sp³-hybridized carbons (Fsp3) is 0.722. The molecule has 3 atom stereocenters. The van der Waals surface area contributed by atoms with E-state index in [2.05, 4.69) is 23.6 Å². The normalized spacial score (nSPS) is 27.7. The molecule has 3 unspecified atom stereocenters. The maximum absolute atomic E-state index is 11.9. The number of hydrogen-bond acceptors (Lipinski definition) is 3. The van der Waals surface area contributed by atoms with Gasteiger partial charge in [0.25, 0.3) is 0 Å². The maximum atomic E-state index is 11.9. The average molecular weight is 336 g/mol. The Hall–Kier alpha value is -1.85. The zero-order valence-electron chi connectivity index (χ0n) is 14.6. The zero-order chi connectivity index (χ0) is 17.7. The van der Waals surface area contributed by atoms with E-state index in [1.54, 1.807) is 0 Å². The molecule has 2 aliphatic rings. The second-order valence-corrected chi connectivity index (χ2v) is 7.22. The van der Waals surface area contributed by atoms with Crippen LogP contribution in [0.3, 0.4) is 0 Å². The number of carbonyl (C=O) groups excluding carboxylic acids is 2. The minimum absolute atomic E-state index is 0.0896. The van der Waals surface area contributed by atoms with E-state index in [1.807, 2.05) is 0 Å². The third-order valence-corrected chi connectivity index (χ3v) is 5.37. The number of amides is 2. The van der Waals surface area contributed by atoms with E-state index < -0.39 is 5.97 Å². The van der Waals surface area contributed by atoms with Crippen molar-refractivity contribution in [2.24, 2.45) is 17.3 Å². The first-order valence-corrected chi connectivity index (χ1v) is 8.79. The van der Waals surface area contributed by atoms with Gasteiger partial charge in [-0.25, -0.2) is 4.79 Å². The Balaban J connectivity index is 1.85. The summed E-state index contributed by atoms with van der Waals surface area (Å²) in [7, 11) is 0. The van der Waals surface area contributed by atoms with Crippen LogP contribution in [-0.4, -0.2) is 36.0 Å². The highest BCUT2D eigenvalue weighted by atomic mass is 16.4. The van der Waals surface area contributed by atoms with Gasteiger partial charge in [0.05, 0.1) is 6.42 Å². The molecular weight excluding hydrogens is 308 g/mol. The summed E-state index contributed by atoms with van der Waals surface area (Å²) in [4.78, 5) is 34.1. The SMILES string of the molecule is CCC1=CC2C(C1)CC2(CNC(=O)NCCCC(C)=O)CC(=O)O. The molecule has 24 heavy (non-hydrogen) atoms. The van der Waals surface area contributed by atoms with E-state index in [9.17, 15) is 19.5 Å². The zero-order valence-corrected chi connectivity index (χ0v) is 14.6. The van der Waals surface area contributed by atoms with Gasteiger partial charge in [-0.05, 0) is 44.4 Å². The average Bonchev–Trinajstić information content (AvgIpc) is 2.85. The predicted molar refractivity (Wildman–Crippen MR) is 90.6 cm³/mol. The highest BCUT2D eigenvalue weighted by Gasteiger charge is 2.55. The fourth-order valence-electron chi connectivity index (χ4n) is 4.16. The van der Waals surface area contributed by atoms with Crippen LogP contribution in [0.2, 0.25) is 0 Å². The van der Waals surface area contributed by atoms with Crippen LogP contribution in [0.4, 0.5) is 4.79 Å². The van der Waals surface area contributed by atoms with Crippen LogP contribution >= 0.6 is 0 Å². The van der Waals surface area contributed by atoms with Gasteiger partial charge in [0, 0.05) is 24.9 Å². The van der Waals surface area contributed by atoms with Crippen molar-refractivity contribution in [2.45, 2.75) is 52.4 Å². The molecule has 0 aromatic heterocycles. The maximum Gasteiger partial charge on any atom is 0.314 e. The molecule has 0 saturated heterocycles. The monoisotopic (exact) mass is 336 g/mol. The van der Waals surface area contributed by atoms with Crippen LogP contribution in [0.1, 0.15) is 52.4 Å². The summed E-state index contributed by atoms with van der Waals surface area (Å²) in [6.07, 6.45) is 6.35. The van der Waals surface area contributed by atoms with E-state index in [0.717, 1.165) is 19.3 Å². The minimum atomic E-state index is -0.810. The number of fused-ring (bicyclic) bond motifs is 1. The molecule has 6 nitrogen and oxygen atoms in total. The van der Waals surface area contributed by atoms with Crippen molar-refractivity contribution < 1.29 is 19.5 Å². The van der Waals surface area contributed by atoms with Gasteiger partial charge < -0.3 is 20.5 Å². The Kier molecular flexibility index (Phi) is 6.02. The summed E-state index contributed by atoms with van der Waals surface area (Å²) < 4.78 is 0. The van der Waals surface area contributed by atoms with E-state index in [4.69, 9.17) is 0 Å². The number of carboxylic acids is 1. The summed E-state index contributed by atoms with van der Waals surface area (Å²) in [5.41, 5.74) is 1.05. The quantitative estimate of drug-likeness (QED) is 0.445. The summed E-state index contributed by atoms with van der Waals surface area (Å²) >= 11 is 0. The van der Waals surface area contributed by atoms with Gasteiger partial charge >= 0.3 is 12.0 Å². The second kappa shape index (κ2) is 7.81. The van der Waals surface area contributed by atoms with Gasteiger partial charge in [-0.3, -0.25) is 4.79 Å². The number of nitrogens with one attached hydrogen (secondary N) is 2. The van der Waals surface area contributed by atoms with Gasteiger partial charge in [0.2, 0.25) is 0 Å². The van der Waals surface area contributed by atoms with Crippen molar-refractivity contribution in [3.63, 3.8) is 0 Å². The van der Waals surface area contributed by atoms with Crippen LogP contribution in [-0.2, 0) is 9.59 Å². The lowest BCUT2D eigenvalue weighted by molar-refractivity contribution is -0.144. The number of Topliss-reactive ketones (excluding diaryl/α,β-unsaturated/α-hetero) is 1. The van der Waals surface area contributed by atoms with E-state index in [0.29, 0.717) is 31.8 Å². The molecule has 1 saturated carbocycles. The third kappa shape index (κ3) is 4.36. The minimum Gasteiger partial charge on any atom is -0.481 e. The fourth-order valence-corrected chi connectivity index (χ4v) is 4.16. The van der Waals surface area contributed by atoms with E-state index in [1.165, 1.54) is 12.5 Å². The highest BCUT2D eigenvalue weighted by molar-refractivity contribution is 5.76. The topological polar surface area (TPSA) is 95.5 Å². The van der Waals surface area contributed by atoms with Crippen LogP contribution in [0.5, 0.6) is 0 Å². The van der Waals surface area contributed by atoms with Crippen LogP contribution < -0.4 is 10.6 Å². The molecular formula is C18H28N2O4. The van der Waals surface area contributed by atoms with Gasteiger partial charge in [0.15, 0.2) is 0 Å². The molecule has 0 aromatic rings. The molecule has 0 spiro atoms. The van der Waals surface area contributed by atoms with Gasteiger partial charge in [-0.2, -0.15) is 0 Å². The first-order valence-electron chi connectivity index (χ1n) is 8.79. The molecule has 0 bridgehead atoms. The lowest BCUT2D eigenvalue weighted by atomic mass is 9.53. The number of carbonyl (C=O) groups is 3. The molecule has 0 heterocycles. The largest absolute Gasteiger partial charge is 0.481 e. The highest BCUT2D eigenvalue weighted by Crippen LogP contribution is 2.59. The predicted octanol–water partition coefficient (Wildman–Crippen LogP) is 2.49. The molecule has 0 radical (unpaired) electrons. The number of urea groups is 1. The first kappa shape index (κ1) is 18.5. The Bertz CT molecular complexity index is 543. The lowest BCUT2D eigenvalue weighted by Crippen LogP contribution is -2.54. The van der Waals surface area contributed by atoms with Gasteiger partial charge in [0.1, 0.15) is 5.78 Å². The van der Waals surface area contributed by atoms with Crippen LogP contribution in [0.25, 0.3) is 0 Å². The molecule has 6 heteroatoms.